The van der Waals surface area contributed by atoms with Crippen LogP contribution in [0.25, 0.3) is 0 Å². The normalized spacial score (nSPS) is 29.7. The van der Waals surface area contributed by atoms with Gasteiger partial charge in [0.1, 0.15) is 0 Å². The van der Waals surface area contributed by atoms with Crippen molar-refractivity contribution >= 4 is 23.4 Å². The summed E-state index contributed by atoms with van der Waals surface area (Å²) in [6.07, 6.45) is 11.5. The van der Waals surface area contributed by atoms with Crippen molar-refractivity contribution in [1.82, 2.24) is 10.6 Å². The van der Waals surface area contributed by atoms with Gasteiger partial charge in [0.25, 0.3) is 0 Å². The summed E-state index contributed by atoms with van der Waals surface area (Å²) in [5.74, 6) is 2.09. The highest BCUT2D eigenvalue weighted by Crippen LogP contribution is 2.58. The van der Waals surface area contributed by atoms with Gasteiger partial charge in [-0.15, -0.1) is 0 Å². The zero-order valence-corrected chi connectivity index (χ0v) is 35.3. The molecule has 3 aromatic carbocycles. The molecule has 7 rings (SSSR count). The largest absolute Gasteiger partial charge is 0.337 e. The summed E-state index contributed by atoms with van der Waals surface area (Å²) in [6, 6.07) is 19.8. The Morgan fingerprint density at radius 3 is 1.58 bits per heavy atom. The van der Waals surface area contributed by atoms with Crippen LogP contribution >= 0.6 is 0 Å². The van der Waals surface area contributed by atoms with Gasteiger partial charge in [-0.2, -0.15) is 0 Å². The molecule has 3 aromatic rings. The monoisotopic (exact) mass is 745 g/mol. The van der Waals surface area contributed by atoms with Gasteiger partial charge in [0.05, 0.1) is 0 Å². The Morgan fingerprint density at radius 2 is 1.11 bits per heavy atom. The first-order valence-corrected chi connectivity index (χ1v) is 21.5. The summed E-state index contributed by atoms with van der Waals surface area (Å²) in [7, 11) is 0. The molecule has 4 amide bonds. The first-order valence-electron chi connectivity index (χ1n) is 21.5. The van der Waals surface area contributed by atoms with Crippen LogP contribution in [0.5, 0.6) is 0 Å². The fourth-order valence-corrected chi connectivity index (χ4v) is 12.2. The van der Waals surface area contributed by atoms with Crippen molar-refractivity contribution in [2.45, 2.75) is 149 Å². The molecule has 0 heterocycles. The first kappa shape index (κ1) is 39.4. The van der Waals surface area contributed by atoms with Crippen LogP contribution in [0.4, 0.5) is 21.0 Å². The van der Waals surface area contributed by atoms with E-state index in [1.54, 1.807) is 0 Å². The van der Waals surface area contributed by atoms with Crippen LogP contribution in [0.2, 0.25) is 0 Å². The summed E-state index contributed by atoms with van der Waals surface area (Å²) in [4.78, 5) is 26.9. The van der Waals surface area contributed by atoms with E-state index in [-0.39, 0.29) is 33.7 Å². The predicted molar refractivity (Wildman–Crippen MR) is 229 cm³/mol. The van der Waals surface area contributed by atoms with Crippen molar-refractivity contribution in [2.75, 3.05) is 23.7 Å². The molecule has 0 aromatic heterocycles. The van der Waals surface area contributed by atoms with Crippen molar-refractivity contribution in [1.29, 1.82) is 0 Å². The summed E-state index contributed by atoms with van der Waals surface area (Å²) >= 11 is 0. The quantitative estimate of drug-likeness (QED) is 0.185. The second-order valence-corrected chi connectivity index (χ2v) is 19.8. The molecule has 6 heteroatoms. The van der Waals surface area contributed by atoms with Gasteiger partial charge in [0.15, 0.2) is 0 Å². The molecule has 0 unspecified atom stereocenters. The number of carbonyl (C=O) groups excluding carboxylic acids is 2. The summed E-state index contributed by atoms with van der Waals surface area (Å²) in [5, 5.41) is 12.7. The summed E-state index contributed by atoms with van der Waals surface area (Å²) < 4.78 is 0. The van der Waals surface area contributed by atoms with E-state index in [2.05, 4.69) is 113 Å². The van der Waals surface area contributed by atoms with Crippen LogP contribution in [-0.2, 0) is 23.7 Å². The molecule has 6 nitrogen and oxygen atoms in total. The van der Waals surface area contributed by atoms with Gasteiger partial charge in [-0.3, -0.25) is 0 Å². The maximum atomic E-state index is 13.5. The Morgan fingerprint density at radius 1 is 0.636 bits per heavy atom. The Bertz CT molecular complexity index is 1930. The van der Waals surface area contributed by atoms with E-state index in [1.165, 1.54) is 59.1 Å². The maximum absolute atomic E-state index is 13.5. The van der Waals surface area contributed by atoms with Crippen molar-refractivity contribution in [2.24, 2.45) is 22.7 Å². The second-order valence-electron chi connectivity index (χ2n) is 19.8. The highest BCUT2D eigenvalue weighted by atomic mass is 16.2. The fraction of sp³-hybridized carbons (Fsp3) is 0.592. The average Bonchev–Trinajstić information content (AvgIpc) is 3.14. The highest BCUT2D eigenvalue weighted by Gasteiger charge is 2.53. The van der Waals surface area contributed by atoms with Crippen LogP contribution in [0, 0.1) is 29.6 Å². The van der Waals surface area contributed by atoms with E-state index >= 15 is 0 Å². The van der Waals surface area contributed by atoms with Crippen molar-refractivity contribution in [3.8, 4) is 0 Å². The Balaban J connectivity index is 0.956. The second kappa shape index (κ2) is 14.9. The Hall–Kier alpha value is -3.80. The van der Waals surface area contributed by atoms with Crippen molar-refractivity contribution in [3.05, 3.63) is 93.5 Å². The third kappa shape index (κ3) is 7.44. The fourth-order valence-electron chi connectivity index (χ4n) is 12.2. The third-order valence-corrected chi connectivity index (χ3v) is 15.4. The van der Waals surface area contributed by atoms with Crippen LogP contribution in [0.1, 0.15) is 158 Å². The van der Waals surface area contributed by atoms with E-state index < -0.39 is 0 Å². The number of hydrogen-bond donors (Lipinski definition) is 4. The zero-order valence-electron chi connectivity index (χ0n) is 35.3. The SMILES string of the molecule is Cc1ccc(NC(=O)NC[C@]2(C)CCC[C@]3(C)c4ccc(C(C)C)cc4CC[C@@H]23)cc1NC(=O)NC[C@]1(C)CCC[C@]2(C)c3ccc(C(C)C)cc3CC[C@@H]12. The van der Waals surface area contributed by atoms with E-state index in [9.17, 15) is 9.59 Å². The van der Waals surface area contributed by atoms with Crippen LogP contribution in [0.3, 0.4) is 0 Å². The summed E-state index contributed by atoms with van der Waals surface area (Å²) in [6.45, 7) is 22.1. The predicted octanol–water partition coefficient (Wildman–Crippen LogP) is 11.9. The molecule has 0 saturated heterocycles. The lowest BCUT2D eigenvalue weighted by Gasteiger charge is -2.55. The highest BCUT2D eigenvalue weighted by molar-refractivity contribution is 5.93. The molecule has 4 aliphatic carbocycles. The van der Waals surface area contributed by atoms with Crippen LogP contribution in [-0.4, -0.2) is 25.2 Å². The zero-order chi connectivity index (χ0) is 39.3. The standard InChI is InChI=1S/C49H68N4O2/c1-31(2)34-13-18-39-36(26-34)15-20-42-46(6,22-10-24-48(39,42)8)29-50-44(54)52-38-17-12-33(5)41(28-38)53-45(55)51-30-47(7)23-11-25-49(9)40-19-14-35(32(3)4)27-37(40)16-21-43(47)49/h12-14,17-19,26-28,31-32,42-43H,10-11,15-16,20-25,29-30H2,1-9H3,(H2,50,52,54)(H2,51,53,55)/t42-,43-,46-,47-,48+,49+/m0/s1. The lowest BCUT2D eigenvalue weighted by atomic mass is 9.49. The smallest absolute Gasteiger partial charge is 0.319 e. The number of aryl methyl sites for hydroxylation is 3. The molecule has 2 fully saturated rings. The van der Waals surface area contributed by atoms with Crippen LogP contribution in [0.15, 0.2) is 54.6 Å². The summed E-state index contributed by atoms with van der Waals surface area (Å²) in [5.41, 5.74) is 11.6. The Labute approximate surface area is 331 Å². The van der Waals surface area contributed by atoms with Gasteiger partial charge < -0.3 is 21.3 Å². The van der Waals surface area contributed by atoms with Gasteiger partial charge in [0.2, 0.25) is 0 Å². The van der Waals surface area contributed by atoms with E-state index in [1.807, 2.05) is 25.1 Å². The molecule has 4 aliphatic rings. The van der Waals surface area contributed by atoms with Gasteiger partial charge in [-0.1, -0.05) is 111 Å². The molecule has 0 radical (unpaired) electrons. The number of nitrogens with one attached hydrogen (secondary N) is 4. The minimum Gasteiger partial charge on any atom is -0.337 e. The van der Waals surface area contributed by atoms with Gasteiger partial charge in [-0.05, 0) is 155 Å². The number of urea groups is 2. The molecule has 2 saturated carbocycles. The van der Waals surface area contributed by atoms with Crippen LogP contribution < -0.4 is 21.3 Å². The number of amides is 4. The molecule has 55 heavy (non-hydrogen) atoms. The molecule has 4 N–H and O–H groups in total. The molecular formula is C49H68N4O2. The minimum atomic E-state index is -0.201. The molecule has 0 bridgehead atoms. The van der Waals surface area contributed by atoms with E-state index in [4.69, 9.17) is 0 Å². The number of fused-ring (bicyclic) bond motifs is 6. The molecular weight excluding hydrogens is 677 g/mol. The first-order chi connectivity index (χ1) is 26.0. The van der Waals surface area contributed by atoms with Crippen molar-refractivity contribution < 1.29 is 9.59 Å². The number of hydrogen-bond acceptors (Lipinski definition) is 2. The Kier molecular flexibility index (Phi) is 10.7. The molecule has 296 valence electrons. The van der Waals surface area contributed by atoms with Gasteiger partial charge in [-0.25, -0.2) is 9.59 Å². The number of carbonyl (C=O) groups is 2. The molecule has 0 spiro atoms. The van der Waals surface area contributed by atoms with Gasteiger partial charge in [0, 0.05) is 24.5 Å². The molecule has 6 atom stereocenters. The molecule has 0 aliphatic heterocycles. The van der Waals surface area contributed by atoms with E-state index in [0.717, 1.165) is 44.1 Å². The topological polar surface area (TPSA) is 82.3 Å². The minimum absolute atomic E-state index is 0.0139. The third-order valence-electron chi connectivity index (χ3n) is 15.4. The van der Waals surface area contributed by atoms with Crippen molar-refractivity contribution in [3.63, 3.8) is 0 Å². The number of rotatable bonds is 8. The lowest BCUT2D eigenvalue weighted by molar-refractivity contribution is 0.0281. The van der Waals surface area contributed by atoms with Gasteiger partial charge >= 0.3 is 12.1 Å². The maximum Gasteiger partial charge on any atom is 0.319 e. The lowest BCUT2D eigenvalue weighted by Crippen LogP contribution is -2.53. The average molecular weight is 745 g/mol. The number of anilines is 2. The van der Waals surface area contributed by atoms with E-state index in [0.29, 0.717) is 48.1 Å². The number of benzene rings is 3.